The molecule has 0 amide bonds. The van der Waals surface area contributed by atoms with E-state index in [1.54, 1.807) is 12.3 Å². The average Bonchev–Trinajstić information content (AvgIpc) is 3.07. The van der Waals surface area contributed by atoms with E-state index in [2.05, 4.69) is 42.3 Å². The third-order valence-electron chi connectivity index (χ3n) is 5.07. The topological polar surface area (TPSA) is 34.9 Å². The fraction of sp³-hybridized carbons (Fsp3) is 0.130. The molecule has 0 N–H and O–H groups in total. The maximum absolute atomic E-state index is 13.2. The SMILES string of the molecule is C[Si](C)(Cn1cc(Cl)cc1C(=O)c1cnc2ccccc2c1)c1ccccc1. The van der Waals surface area contributed by atoms with E-state index in [1.165, 1.54) is 5.19 Å². The number of rotatable bonds is 5. The molecule has 0 atom stereocenters. The van der Waals surface area contributed by atoms with E-state index < -0.39 is 8.07 Å². The van der Waals surface area contributed by atoms with E-state index in [0.717, 1.165) is 17.1 Å². The molecule has 0 bridgehead atoms. The standard InChI is InChI=1S/C23H21ClN2OSi/c1-28(2,20-9-4-3-5-10-20)16-26-15-19(24)13-22(26)23(27)18-12-17-8-6-7-11-21(17)25-14-18/h3-15H,16H2,1-2H3. The van der Waals surface area contributed by atoms with Crippen molar-refractivity contribution in [2.75, 3.05) is 0 Å². The minimum atomic E-state index is -1.79. The summed E-state index contributed by atoms with van der Waals surface area (Å²) < 4.78 is 2.01. The fourth-order valence-corrected chi connectivity index (χ4v) is 6.16. The van der Waals surface area contributed by atoms with Crippen molar-refractivity contribution in [3.05, 3.63) is 95.4 Å². The summed E-state index contributed by atoms with van der Waals surface area (Å²) in [5.41, 5.74) is 2.07. The molecule has 28 heavy (non-hydrogen) atoms. The number of benzene rings is 2. The molecule has 0 saturated heterocycles. The van der Waals surface area contributed by atoms with Gasteiger partial charge in [0, 0.05) is 29.5 Å². The Morgan fingerprint density at radius 3 is 2.54 bits per heavy atom. The van der Waals surface area contributed by atoms with Crippen LogP contribution in [0, 0.1) is 0 Å². The summed E-state index contributed by atoms with van der Waals surface area (Å²) in [4.78, 5) is 17.7. The Morgan fingerprint density at radius 1 is 1.04 bits per heavy atom. The molecule has 5 heteroatoms. The van der Waals surface area contributed by atoms with Crippen LogP contribution in [0.3, 0.4) is 0 Å². The van der Waals surface area contributed by atoms with Crippen LogP contribution in [0.4, 0.5) is 0 Å². The molecule has 0 spiro atoms. The molecular formula is C23H21ClN2OSi. The smallest absolute Gasteiger partial charge is 0.210 e. The van der Waals surface area contributed by atoms with Crippen molar-refractivity contribution in [1.82, 2.24) is 9.55 Å². The number of carbonyl (C=O) groups is 1. The van der Waals surface area contributed by atoms with Crippen molar-refractivity contribution >= 4 is 41.5 Å². The van der Waals surface area contributed by atoms with Gasteiger partial charge >= 0.3 is 0 Å². The summed E-state index contributed by atoms with van der Waals surface area (Å²) in [7, 11) is -1.79. The molecule has 4 rings (SSSR count). The lowest BCUT2D eigenvalue weighted by molar-refractivity contribution is 0.103. The predicted molar refractivity (Wildman–Crippen MR) is 118 cm³/mol. The van der Waals surface area contributed by atoms with Crippen LogP contribution in [0.1, 0.15) is 16.1 Å². The summed E-state index contributed by atoms with van der Waals surface area (Å²) >= 11 is 6.29. The van der Waals surface area contributed by atoms with Crippen molar-refractivity contribution in [1.29, 1.82) is 0 Å². The molecule has 0 radical (unpaired) electrons. The summed E-state index contributed by atoms with van der Waals surface area (Å²) in [5, 5.41) is 2.89. The highest BCUT2D eigenvalue weighted by Gasteiger charge is 2.26. The predicted octanol–water partition coefficient (Wildman–Crippen LogP) is 5.08. The van der Waals surface area contributed by atoms with Crippen molar-refractivity contribution < 1.29 is 4.79 Å². The Kier molecular flexibility index (Phi) is 4.92. The minimum Gasteiger partial charge on any atom is -0.346 e. The number of pyridine rings is 1. The fourth-order valence-electron chi connectivity index (χ4n) is 3.55. The highest BCUT2D eigenvalue weighted by atomic mass is 35.5. The lowest BCUT2D eigenvalue weighted by Crippen LogP contribution is -2.46. The quantitative estimate of drug-likeness (QED) is 0.343. The maximum Gasteiger partial charge on any atom is 0.210 e. The zero-order chi connectivity index (χ0) is 19.7. The molecule has 2 aromatic heterocycles. The van der Waals surface area contributed by atoms with E-state index in [-0.39, 0.29) is 5.78 Å². The second kappa shape index (κ2) is 7.38. The van der Waals surface area contributed by atoms with Gasteiger partial charge < -0.3 is 4.57 Å². The maximum atomic E-state index is 13.2. The largest absolute Gasteiger partial charge is 0.346 e. The second-order valence-electron chi connectivity index (χ2n) is 7.67. The molecule has 3 nitrogen and oxygen atoms in total. The van der Waals surface area contributed by atoms with Crippen LogP contribution in [0.2, 0.25) is 18.1 Å². The van der Waals surface area contributed by atoms with Crippen LogP contribution in [0.15, 0.2) is 79.1 Å². The lowest BCUT2D eigenvalue weighted by Gasteiger charge is -2.24. The zero-order valence-electron chi connectivity index (χ0n) is 15.9. The summed E-state index contributed by atoms with van der Waals surface area (Å²) in [5.74, 6) is -0.0528. The van der Waals surface area contributed by atoms with Gasteiger partial charge in [-0.25, -0.2) is 0 Å². The Labute approximate surface area is 170 Å². The Bertz CT molecular complexity index is 1150. The molecule has 2 heterocycles. The van der Waals surface area contributed by atoms with Crippen molar-refractivity contribution in [3.63, 3.8) is 0 Å². The second-order valence-corrected chi connectivity index (χ2v) is 12.8. The number of nitrogens with zero attached hydrogens (tertiary/aromatic N) is 2. The van der Waals surface area contributed by atoms with Gasteiger partial charge in [-0.05, 0) is 18.2 Å². The van der Waals surface area contributed by atoms with Crippen molar-refractivity contribution in [3.8, 4) is 0 Å². The van der Waals surface area contributed by atoms with Gasteiger partial charge in [-0.2, -0.15) is 0 Å². The van der Waals surface area contributed by atoms with Crippen LogP contribution in [0.25, 0.3) is 10.9 Å². The van der Waals surface area contributed by atoms with Gasteiger partial charge in [-0.1, -0.05) is 78.4 Å². The first kappa shape index (κ1) is 18.7. The molecular weight excluding hydrogens is 384 g/mol. The van der Waals surface area contributed by atoms with Crippen molar-refractivity contribution in [2.24, 2.45) is 0 Å². The number of carbonyl (C=O) groups excluding carboxylic acids is 1. The Balaban J connectivity index is 1.69. The number of fused-ring (bicyclic) bond motifs is 1. The van der Waals surface area contributed by atoms with Crippen molar-refractivity contribution in [2.45, 2.75) is 19.3 Å². The molecule has 0 aliphatic rings. The first-order valence-electron chi connectivity index (χ1n) is 9.25. The summed E-state index contributed by atoms with van der Waals surface area (Å²) in [6.07, 6.45) is 4.29. The number of ketones is 1. The van der Waals surface area contributed by atoms with Gasteiger partial charge in [0.15, 0.2) is 0 Å². The molecule has 0 aliphatic carbocycles. The Hall–Kier alpha value is -2.69. The Morgan fingerprint density at radius 2 is 1.75 bits per heavy atom. The number of aromatic nitrogens is 2. The number of hydrogen-bond donors (Lipinski definition) is 0. The van der Waals surface area contributed by atoms with E-state index >= 15 is 0 Å². The van der Waals surface area contributed by atoms with Crippen LogP contribution in [-0.4, -0.2) is 23.4 Å². The molecule has 2 aromatic carbocycles. The molecule has 140 valence electrons. The normalized spacial score (nSPS) is 11.7. The third-order valence-corrected chi connectivity index (χ3v) is 8.30. The molecule has 4 aromatic rings. The van der Waals surface area contributed by atoms with Gasteiger partial charge in [0.25, 0.3) is 0 Å². The van der Waals surface area contributed by atoms with Crippen LogP contribution in [-0.2, 0) is 6.17 Å². The van der Waals surface area contributed by atoms with E-state index in [0.29, 0.717) is 16.3 Å². The van der Waals surface area contributed by atoms with Crippen LogP contribution in [0.5, 0.6) is 0 Å². The summed E-state index contributed by atoms with van der Waals surface area (Å²) in [6.45, 7) is 4.62. The average molecular weight is 405 g/mol. The monoisotopic (exact) mass is 404 g/mol. The highest BCUT2D eigenvalue weighted by Crippen LogP contribution is 2.21. The van der Waals surface area contributed by atoms with Crippen LogP contribution < -0.4 is 5.19 Å². The molecule has 0 fully saturated rings. The van der Waals surface area contributed by atoms with Crippen LogP contribution >= 0.6 is 11.6 Å². The molecule has 0 aliphatic heterocycles. The van der Waals surface area contributed by atoms with E-state index in [9.17, 15) is 4.79 Å². The third kappa shape index (κ3) is 3.66. The first-order chi connectivity index (χ1) is 13.4. The lowest BCUT2D eigenvalue weighted by atomic mass is 10.1. The van der Waals surface area contributed by atoms with Gasteiger partial charge in [-0.15, -0.1) is 0 Å². The van der Waals surface area contributed by atoms with Gasteiger partial charge in [0.2, 0.25) is 5.78 Å². The van der Waals surface area contributed by atoms with Gasteiger partial charge in [-0.3, -0.25) is 9.78 Å². The number of halogens is 1. The van der Waals surface area contributed by atoms with Gasteiger partial charge in [0.1, 0.15) is 8.07 Å². The number of para-hydroxylation sites is 1. The van der Waals surface area contributed by atoms with E-state index in [1.807, 2.05) is 47.2 Å². The summed E-state index contributed by atoms with van der Waals surface area (Å²) in [6, 6.07) is 22.0. The van der Waals surface area contributed by atoms with E-state index in [4.69, 9.17) is 11.6 Å². The highest BCUT2D eigenvalue weighted by molar-refractivity contribution is 6.88. The molecule has 0 unspecified atom stereocenters. The zero-order valence-corrected chi connectivity index (χ0v) is 17.6. The minimum absolute atomic E-state index is 0.0528. The number of hydrogen-bond acceptors (Lipinski definition) is 2. The van der Waals surface area contributed by atoms with Gasteiger partial charge in [0.05, 0.1) is 16.2 Å². The molecule has 0 saturated carbocycles. The first-order valence-corrected chi connectivity index (χ1v) is 12.8.